The lowest BCUT2D eigenvalue weighted by Crippen LogP contribution is -2.52. The molecule has 4 nitrogen and oxygen atoms in total. The number of aliphatic carboxylic acids is 1. The maximum absolute atomic E-state index is 11.5. The van der Waals surface area contributed by atoms with Crippen LogP contribution in [0, 0.1) is 0 Å². The average molecular weight is 290 g/mol. The largest absolute Gasteiger partial charge is 0.480 e. The molecule has 1 unspecified atom stereocenters. The SMILES string of the molecule is CC(CSc1cc2ccccc2[nH]1)(NC1CC1)C(=O)O. The van der Waals surface area contributed by atoms with Crippen molar-refractivity contribution in [2.75, 3.05) is 5.75 Å². The number of hydrogen-bond acceptors (Lipinski definition) is 3. The van der Waals surface area contributed by atoms with Crippen LogP contribution in [0.4, 0.5) is 0 Å². The Morgan fingerprint density at radius 1 is 1.50 bits per heavy atom. The van der Waals surface area contributed by atoms with Gasteiger partial charge in [0.1, 0.15) is 5.54 Å². The predicted octanol–water partition coefficient (Wildman–Crippen LogP) is 2.86. The van der Waals surface area contributed by atoms with Crippen LogP contribution in [0.15, 0.2) is 35.4 Å². The quantitative estimate of drug-likeness (QED) is 0.716. The summed E-state index contributed by atoms with van der Waals surface area (Å²) in [5.41, 5.74) is 0.213. The second-order valence-electron chi connectivity index (χ2n) is 5.57. The minimum absolute atomic E-state index is 0.374. The van der Waals surface area contributed by atoms with Gasteiger partial charge >= 0.3 is 5.97 Å². The van der Waals surface area contributed by atoms with Crippen molar-refractivity contribution < 1.29 is 9.90 Å². The Balaban J connectivity index is 1.71. The predicted molar refractivity (Wildman–Crippen MR) is 81.2 cm³/mol. The van der Waals surface area contributed by atoms with Gasteiger partial charge in [-0.25, -0.2) is 0 Å². The molecule has 0 spiro atoms. The van der Waals surface area contributed by atoms with Crippen molar-refractivity contribution in [2.24, 2.45) is 0 Å². The summed E-state index contributed by atoms with van der Waals surface area (Å²) in [6.45, 7) is 1.77. The normalized spacial score (nSPS) is 18.1. The molecule has 1 heterocycles. The number of carboxylic acid groups (broad SMARTS) is 1. The van der Waals surface area contributed by atoms with Gasteiger partial charge in [0.15, 0.2) is 0 Å². The van der Waals surface area contributed by atoms with Crippen molar-refractivity contribution in [1.82, 2.24) is 10.3 Å². The first-order valence-electron chi connectivity index (χ1n) is 6.78. The zero-order valence-corrected chi connectivity index (χ0v) is 12.2. The summed E-state index contributed by atoms with van der Waals surface area (Å²) >= 11 is 1.55. The van der Waals surface area contributed by atoms with Crippen LogP contribution in [0.2, 0.25) is 0 Å². The van der Waals surface area contributed by atoms with E-state index in [-0.39, 0.29) is 0 Å². The van der Waals surface area contributed by atoms with Gasteiger partial charge in [-0.2, -0.15) is 0 Å². The number of nitrogens with one attached hydrogen (secondary N) is 2. The third kappa shape index (κ3) is 2.83. The molecule has 0 aliphatic heterocycles. The molecule has 1 atom stereocenters. The number of rotatable bonds is 6. The molecule has 20 heavy (non-hydrogen) atoms. The van der Waals surface area contributed by atoms with Crippen molar-refractivity contribution in [3.63, 3.8) is 0 Å². The highest BCUT2D eigenvalue weighted by Crippen LogP contribution is 2.29. The Morgan fingerprint density at radius 2 is 2.25 bits per heavy atom. The molecule has 1 aliphatic rings. The summed E-state index contributed by atoms with van der Waals surface area (Å²) in [6.07, 6.45) is 2.17. The number of fused-ring (bicyclic) bond motifs is 1. The average Bonchev–Trinajstić information content (AvgIpc) is 3.12. The topological polar surface area (TPSA) is 65.1 Å². The standard InChI is InChI=1S/C15H18N2O2S/c1-15(14(18)19,17-11-6-7-11)9-20-13-8-10-4-2-3-5-12(10)16-13/h2-5,8,11,16-17H,6-7,9H2,1H3,(H,18,19). The maximum Gasteiger partial charge on any atom is 0.324 e. The number of thioether (sulfide) groups is 1. The van der Waals surface area contributed by atoms with E-state index in [4.69, 9.17) is 0 Å². The van der Waals surface area contributed by atoms with Gasteiger partial charge in [-0.1, -0.05) is 18.2 Å². The molecule has 1 aromatic carbocycles. The van der Waals surface area contributed by atoms with Crippen molar-refractivity contribution in [1.29, 1.82) is 0 Å². The fourth-order valence-electron chi connectivity index (χ4n) is 2.19. The second kappa shape index (κ2) is 5.14. The smallest absolute Gasteiger partial charge is 0.324 e. The number of carbonyl (C=O) groups is 1. The van der Waals surface area contributed by atoms with E-state index in [0.29, 0.717) is 11.8 Å². The first-order valence-corrected chi connectivity index (χ1v) is 7.77. The third-order valence-electron chi connectivity index (χ3n) is 3.59. The van der Waals surface area contributed by atoms with Crippen LogP contribution >= 0.6 is 11.8 Å². The minimum Gasteiger partial charge on any atom is -0.480 e. The minimum atomic E-state index is -0.872. The summed E-state index contributed by atoms with van der Waals surface area (Å²) < 4.78 is 0. The van der Waals surface area contributed by atoms with Crippen LogP contribution in [0.25, 0.3) is 10.9 Å². The van der Waals surface area contributed by atoms with Gasteiger partial charge in [0.25, 0.3) is 0 Å². The number of benzene rings is 1. The molecule has 1 saturated carbocycles. The van der Waals surface area contributed by atoms with E-state index >= 15 is 0 Å². The van der Waals surface area contributed by atoms with Crippen molar-refractivity contribution in [3.8, 4) is 0 Å². The first-order chi connectivity index (χ1) is 9.57. The lowest BCUT2D eigenvalue weighted by Gasteiger charge is -2.25. The first kappa shape index (κ1) is 13.5. The van der Waals surface area contributed by atoms with E-state index in [1.54, 1.807) is 18.7 Å². The van der Waals surface area contributed by atoms with Gasteiger partial charge in [-0.05, 0) is 31.9 Å². The Hall–Kier alpha value is -1.46. The number of aromatic nitrogens is 1. The highest BCUT2D eigenvalue weighted by Gasteiger charge is 2.38. The summed E-state index contributed by atoms with van der Waals surface area (Å²) in [5.74, 6) is -0.279. The molecule has 1 aromatic heterocycles. The number of hydrogen-bond donors (Lipinski definition) is 3. The molecular formula is C15H18N2O2S. The van der Waals surface area contributed by atoms with Gasteiger partial charge in [-0.3, -0.25) is 10.1 Å². The molecule has 3 N–H and O–H groups in total. The van der Waals surface area contributed by atoms with Crippen molar-refractivity contribution in [2.45, 2.75) is 36.4 Å². The summed E-state index contributed by atoms with van der Waals surface area (Å²) in [4.78, 5) is 14.8. The molecule has 0 bridgehead atoms. The van der Waals surface area contributed by atoms with E-state index in [1.165, 1.54) is 0 Å². The zero-order chi connectivity index (χ0) is 14.2. The van der Waals surface area contributed by atoms with Gasteiger partial charge < -0.3 is 10.1 Å². The molecule has 2 aromatic rings. The Labute approximate surface area is 121 Å². The lowest BCUT2D eigenvalue weighted by molar-refractivity contribution is -0.143. The van der Waals surface area contributed by atoms with Gasteiger partial charge in [0.2, 0.25) is 0 Å². The zero-order valence-electron chi connectivity index (χ0n) is 11.3. The molecule has 1 fully saturated rings. The highest BCUT2D eigenvalue weighted by atomic mass is 32.2. The fourth-order valence-corrected chi connectivity index (χ4v) is 3.23. The van der Waals surface area contributed by atoms with Crippen LogP contribution in [0.3, 0.4) is 0 Å². The number of carboxylic acids is 1. The molecule has 5 heteroatoms. The summed E-state index contributed by atoms with van der Waals surface area (Å²) in [7, 11) is 0. The Kier molecular flexibility index (Phi) is 3.48. The van der Waals surface area contributed by atoms with Crippen LogP contribution in [-0.4, -0.2) is 33.4 Å². The number of aromatic amines is 1. The van der Waals surface area contributed by atoms with Gasteiger partial charge in [0.05, 0.1) is 5.03 Å². The van der Waals surface area contributed by atoms with Crippen LogP contribution in [-0.2, 0) is 4.79 Å². The number of para-hydroxylation sites is 1. The second-order valence-corrected chi connectivity index (χ2v) is 6.58. The fraction of sp³-hybridized carbons (Fsp3) is 0.400. The van der Waals surface area contributed by atoms with E-state index in [0.717, 1.165) is 28.8 Å². The van der Waals surface area contributed by atoms with E-state index in [2.05, 4.69) is 22.4 Å². The molecule has 3 rings (SSSR count). The molecule has 0 radical (unpaired) electrons. The van der Waals surface area contributed by atoms with Crippen molar-refractivity contribution >= 4 is 28.6 Å². The maximum atomic E-state index is 11.5. The van der Waals surface area contributed by atoms with E-state index < -0.39 is 11.5 Å². The third-order valence-corrected chi connectivity index (χ3v) is 4.85. The molecular weight excluding hydrogens is 272 g/mol. The lowest BCUT2D eigenvalue weighted by atomic mass is 10.1. The van der Waals surface area contributed by atoms with Gasteiger partial charge in [-0.15, -0.1) is 11.8 Å². The monoisotopic (exact) mass is 290 g/mol. The van der Waals surface area contributed by atoms with Gasteiger partial charge in [0, 0.05) is 22.7 Å². The van der Waals surface area contributed by atoms with Crippen LogP contribution in [0.5, 0.6) is 0 Å². The number of H-pyrrole nitrogens is 1. The molecule has 0 saturated heterocycles. The molecule has 1 aliphatic carbocycles. The van der Waals surface area contributed by atoms with Crippen LogP contribution < -0.4 is 5.32 Å². The van der Waals surface area contributed by atoms with E-state index in [9.17, 15) is 9.90 Å². The highest BCUT2D eigenvalue weighted by molar-refractivity contribution is 7.99. The van der Waals surface area contributed by atoms with Crippen LogP contribution in [0.1, 0.15) is 19.8 Å². The van der Waals surface area contributed by atoms with Crippen molar-refractivity contribution in [3.05, 3.63) is 30.3 Å². The Morgan fingerprint density at radius 3 is 2.90 bits per heavy atom. The molecule has 106 valence electrons. The van der Waals surface area contributed by atoms with E-state index in [1.807, 2.05) is 18.2 Å². The summed E-state index contributed by atoms with van der Waals surface area (Å²) in [6, 6.07) is 10.5. The molecule has 0 amide bonds. The Bertz CT molecular complexity index is 603. The summed E-state index contributed by atoms with van der Waals surface area (Å²) in [5, 5.41) is 14.8.